The lowest BCUT2D eigenvalue weighted by molar-refractivity contribution is -0.402. The number of nitriles is 1. The molecule has 0 aliphatic carbocycles. The van der Waals surface area contributed by atoms with Crippen molar-refractivity contribution >= 4 is 18.0 Å². The number of hydrogen-bond acceptors (Lipinski definition) is 7. The maximum absolute atomic E-state index is 11.5. The highest BCUT2D eigenvalue weighted by Crippen LogP contribution is 2.16. The van der Waals surface area contributed by atoms with Crippen LogP contribution in [0.4, 0.5) is 5.88 Å². The molecule has 9 nitrogen and oxygen atoms in total. The van der Waals surface area contributed by atoms with Crippen LogP contribution in [0.15, 0.2) is 45.9 Å². The van der Waals surface area contributed by atoms with Crippen LogP contribution in [0.25, 0.3) is 0 Å². The van der Waals surface area contributed by atoms with Crippen LogP contribution in [0.2, 0.25) is 0 Å². The first-order valence-corrected chi connectivity index (χ1v) is 6.28. The summed E-state index contributed by atoms with van der Waals surface area (Å²) in [6, 6.07) is 10.9. The predicted molar refractivity (Wildman–Crippen MR) is 77.8 cm³/mol. The number of carbonyl (C=O) groups is 1. The number of para-hydroxylation sites is 1. The number of nitrogens with zero attached hydrogens (tertiary/aromatic N) is 3. The zero-order valence-electron chi connectivity index (χ0n) is 11.6. The van der Waals surface area contributed by atoms with E-state index >= 15 is 0 Å². The first kappa shape index (κ1) is 15.7. The van der Waals surface area contributed by atoms with Gasteiger partial charge in [-0.15, -0.1) is 0 Å². The van der Waals surface area contributed by atoms with Crippen molar-refractivity contribution in [1.82, 2.24) is 5.43 Å². The monoisotopic (exact) mass is 314 g/mol. The zero-order valence-corrected chi connectivity index (χ0v) is 11.6. The minimum Gasteiger partial charge on any atom is -0.482 e. The van der Waals surface area contributed by atoms with Gasteiger partial charge >= 0.3 is 5.88 Å². The standard InChI is InChI=1S/C14H10N4O5/c15-7-10-3-1-2-4-12(10)22-9-13(19)17-16-8-11-5-6-14(23-11)18(20)21/h1-6,8H,9H2,(H,17,19). The SMILES string of the molecule is N#Cc1ccccc1OCC(=O)NN=Cc1ccc([N+](=O)[O-])o1. The van der Waals surface area contributed by atoms with Crippen molar-refractivity contribution in [3.05, 3.63) is 57.8 Å². The Morgan fingerprint density at radius 1 is 1.43 bits per heavy atom. The summed E-state index contributed by atoms with van der Waals surface area (Å²) >= 11 is 0. The molecule has 1 N–H and O–H groups in total. The normalized spacial score (nSPS) is 10.2. The number of furan rings is 1. The predicted octanol–water partition coefficient (Wildman–Crippen LogP) is 1.59. The van der Waals surface area contributed by atoms with Crippen LogP contribution in [-0.2, 0) is 4.79 Å². The van der Waals surface area contributed by atoms with E-state index in [1.165, 1.54) is 12.1 Å². The van der Waals surface area contributed by atoms with Gasteiger partial charge in [-0.05, 0) is 18.2 Å². The molecule has 2 aromatic rings. The molecule has 1 heterocycles. The fourth-order valence-electron chi connectivity index (χ4n) is 1.54. The number of ether oxygens (including phenoxy) is 1. The summed E-state index contributed by atoms with van der Waals surface area (Å²) in [5, 5.41) is 22.9. The summed E-state index contributed by atoms with van der Waals surface area (Å²) < 4.78 is 10.0. The second-order valence-corrected chi connectivity index (χ2v) is 4.12. The summed E-state index contributed by atoms with van der Waals surface area (Å²) in [7, 11) is 0. The average Bonchev–Trinajstić information content (AvgIpc) is 3.02. The Morgan fingerprint density at radius 2 is 2.22 bits per heavy atom. The van der Waals surface area contributed by atoms with Crippen molar-refractivity contribution < 1.29 is 18.9 Å². The molecule has 0 aliphatic heterocycles. The summed E-state index contributed by atoms with van der Waals surface area (Å²) in [5.74, 6) is -0.576. The molecule has 0 unspecified atom stereocenters. The van der Waals surface area contributed by atoms with Gasteiger partial charge in [-0.3, -0.25) is 14.9 Å². The third kappa shape index (κ3) is 4.40. The Hall–Kier alpha value is -3.67. The number of benzene rings is 1. The number of hydrazone groups is 1. The highest BCUT2D eigenvalue weighted by Gasteiger charge is 2.10. The van der Waals surface area contributed by atoms with Gasteiger partial charge in [0.2, 0.25) is 0 Å². The number of nitro groups is 1. The fourth-order valence-corrected chi connectivity index (χ4v) is 1.54. The van der Waals surface area contributed by atoms with Gasteiger partial charge in [0.15, 0.2) is 12.4 Å². The molecule has 0 spiro atoms. The smallest absolute Gasteiger partial charge is 0.433 e. The first-order chi connectivity index (χ1) is 11.1. The molecular weight excluding hydrogens is 304 g/mol. The number of hydrogen-bond donors (Lipinski definition) is 1. The van der Waals surface area contributed by atoms with Gasteiger partial charge in [0, 0.05) is 0 Å². The van der Waals surface area contributed by atoms with E-state index in [0.29, 0.717) is 5.56 Å². The van der Waals surface area contributed by atoms with Gasteiger partial charge in [-0.2, -0.15) is 10.4 Å². The van der Waals surface area contributed by atoms with Crippen molar-refractivity contribution in [3.63, 3.8) is 0 Å². The molecule has 9 heteroatoms. The van der Waals surface area contributed by atoms with Crippen LogP contribution >= 0.6 is 0 Å². The summed E-state index contributed by atoms with van der Waals surface area (Å²) in [6.45, 7) is -0.339. The number of rotatable bonds is 6. The van der Waals surface area contributed by atoms with Crippen LogP contribution < -0.4 is 10.2 Å². The third-order valence-corrected chi connectivity index (χ3v) is 2.54. The average molecular weight is 314 g/mol. The molecule has 0 fully saturated rings. The fraction of sp³-hybridized carbons (Fsp3) is 0.0714. The quantitative estimate of drug-likeness (QED) is 0.489. The molecule has 0 bridgehead atoms. The minimum atomic E-state index is -0.684. The van der Waals surface area contributed by atoms with Crippen molar-refractivity contribution in [3.8, 4) is 11.8 Å². The van der Waals surface area contributed by atoms with Gasteiger partial charge < -0.3 is 9.15 Å². The molecule has 116 valence electrons. The van der Waals surface area contributed by atoms with E-state index in [1.807, 2.05) is 6.07 Å². The van der Waals surface area contributed by atoms with Gasteiger partial charge in [0.05, 0.1) is 17.8 Å². The molecule has 23 heavy (non-hydrogen) atoms. The van der Waals surface area contributed by atoms with Crippen molar-refractivity contribution in [1.29, 1.82) is 5.26 Å². The van der Waals surface area contributed by atoms with Gasteiger partial charge in [-0.25, -0.2) is 5.43 Å². The van der Waals surface area contributed by atoms with E-state index in [1.54, 1.807) is 24.3 Å². The summed E-state index contributed by atoms with van der Waals surface area (Å²) in [5.41, 5.74) is 2.48. The maximum Gasteiger partial charge on any atom is 0.433 e. The van der Waals surface area contributed by atoms with E-state index < -0.39 is 16.7 Å². The Bertz CT molecular complexity index is 790. The Balaban J connectivity index is 1.84. The molecule has 0 saturated carbocycles. The van der Waals surface area contributed by atoms with Gasteiger partial charge in [0.25, 0.3) is 5.91 Å². The highest BCUT2D eigenvalue weighted by atomic mass is 16.6. The molecule has 1 aromatic carbocycles. The topological polar surface area (TPSA) is 131 Å². The van der Waals surface area contributed by atoms with Gasteiger partial charge in [-0.1, -0.05) is 12.1 Å². The molecular formula is C14H10N4O5. The highest BCUT2D eigenvalue weighted by molar-refractivity contribution is 5.81. The number of nitrogens with one attached hydrogen (secondary N) is 1. The van der Waals surface area contributed by atoms with Crippen molar-refractivity contribution in [2.75, 3.05) is 6.61 Å². The maximum atomic E-state index is 11.5. The van der Waals surface area contributed by atoms with E-state index in [-0.39, 0.29) is 18.1 Å². The van der Waals surface area contributed by atoms with Crippen LogP contribution in [0.3, 0.4) is 0 Å². The zero-order chi connectivity index (χ0) is 16.7. The summed E-state index contributed by atoms with van der Waals surface area (Å²) in [4.78, 5) is 21.3. The van der Waals surface area contributed by atoms with Crippen LogP contribution in [0.5, 0.6) is 5.75 Å². The number of amides is 1. The Kier molecular flexibility index (Phi) is 5.04. The first-order valence-electron chi connectivity index (χ1n) is 6.28. The molecule has 0 atom stereocenters. The van der Waals surface area contributed by atoms with Crippen LogP contribution in [-0.4, -0.2) is 23.7 Å². The molecule has 0 radical (unpaired) electrons. The van der Waals surface area contributed by atoms with E-state index in [9.17, 15) is 14.9 Å². The van der Waals surface area contributed by atoms with Crippen LogP contribution in [0, 0.1) is 21.4 Å². The minimum absolute atomic E-state index is 0.118. The molecule has 2 rings (SSSR count). The van der Waals surface area contributed by atoms with Crippen molar-refractivity contribution in [2.45, 2.75) is 0 Å². The molecule has 1 aromatic heterocycles. The van der Waals surface area contributed by atoms with E-state index in [0.717, 1.165) is 6.21 Å². The number of carbonyl (C=O) groups excluding carboxylic acids is 1. The van der Waals surface area contributed by atoms with Crippen molar-refractivity contribution in [2.24, 2.45) is 5.10 Å². The molecule has 1 amide bonds. The second kappa shape index (κ2) is 7.37. The molecule has 0 aliphatic rings. The second-order valence-electron chi connectivity index (χ2n) is 4.12. The van der Waals surface area contributed by atoms with Crippen LogP contribution in [0.1, 0.15) is 11.3 Å². The van der Waals surface area contributed by atoms with Gasteiger partial charge in [0.1, 0.15) is 16.7 Å². The largest absolute Gasteiger partial charge is 0.482 e. The molecule has 0 saturated heterocycles. The van der Waals surface area contributed by atoms with E-state index in [4.69, 9.17) is 14.4 Å². The Morgan fingerprint density at radius 3 is 2.91 bits per heavy atom. The lowest BCUT2D eigenvalue weighted by Gasteiger charge is -2.05. The summed E-state index contributed by atoms with van der Waals surface area (Å²) in [6.07, 6.45) is 1.12. The van der Waals surface area contributed by atoms with E-state index in [2.05, 4.69) is 10.5 Å². The third-order valence-electron chi connectivity index (χ3n) is 2.54. The Labute approximate surface area is 129 Å². The lowest BCUT2D eigenvalue weighted by atomic mass is 10.2. The lowest BCUT2D eigenvalue weighted by Crippen LogP contribution is -2.24.